The Morgan fingerprint density at radius 1 is 1.31 bits per heavy atom. The molecule has 0 heterocycles. The Hall–Kier alpha value is -1.52. The SMILES string of the molecule is CCCCOCC(=O)C(=[N+]=[N-])C(=O)OCC. The summed E-state index contributed by atoms with van der Waals surface area (Å²) < 4.78 is 9.54. The monoisotopic (exact) mass is 228 g/mol. The summed E-state index contributed by atoms with van der Waals surface area (Å²) in [6.07, 6.45) is 1.78. The van der Waals surface area contributed by atoms with Crippen LogP contribution >= 0.6 is 0 Å². The smallest absolute Gasteiger partial charge is 0.443 e. The van der Waals surface area contributed by atoms with Crippen LogP contribution in [-0.4, -0.2) is 42.1 Å². The molecule has 16 heavy (non-hydrogen) atoms. The van der Waals surface area contributed by atoms with Crippen molar-refractivity contribution < 1.29 is 23.9 Å². The molecule has 0 N–H and O–H groups in total. The van der Waals surface area contributed by atoms with Crippen LogP contribution < -0.4 is 0 Å². The topological polar surface area (TPSA) is 89.0 Å². The second-order valence-corrected chi connectivity index (χ2v) is 3.00. The summed E-state index contributed by atoms with van der Waals surface area (Å²) >= 11 is 0. The standard InChI is InChI=1S/C10H16N2O4/c1-3-5-6-15-7-8(13)9(12-11)10(14)16-4-2/h3-7H2,1-2H3. The van der Waals surface area contributed by atoms with Crippen molar-refractivity contribution in [3.05, 3.63) is 5.53 Å². The zero-order valence-electron chi connectivity index (χ0n) is 9.56. The maximum Gasteiger partial charge on any atom is 0.443 e. The average Bonchev–Trinajstić information content (AvgIpc) is 2.26. The number of Topliss-reactive ketones (excluding diaryl/α,β-unsaturated/α-hetero) is 1. The summed E-state index contributed by atoms with van der Waals surface area (Å²) in [5.41, 5.74) is 7.88. The summed E-state index contributed by atoms with van der Waals surface area (Å²) in [6, 6.07) is 0. The lowest BCUT2D eigenvalue weighted by Crippen LogP contribution is -2.30. The summed E-state index contributed by atoms with van der Waals surface area (Å²) in [5, 5.41) is 0. The molecule has 0 rings (SSSR count). The fraction of sp³-hybridized carbons (Fsp3) is 0.700. The van der Waals surface area contributed by atoms with E-state index in [1.165, 1.54) is 0 Å². The molecule has 0 aliphatic heterocycles. The van der Waals surface area contributed by atoms with Gasteiger partial charge in [-0.2, -0.15) is 4.79 Å². The highest BCUT2D eigenvalue weighted by Gasteiger charge is 2.30. The van der Waals surface area contributed by atoms with Crippen LogP contribution in [0.2, 0.25) is 0 Å². The molecule has 0 atom stereocenters. The van der Waals surface area contributed by atoms with Gasteiger partial charge >= 0.3 is 11.7 Å². The van der Waals surface area contributed by atoms with Crippen LogP contribution in [0.25, 0.3) is 5.53 Å². The van der Waals surface area contributed by atoms with Gasteiger partial charge in [-0.1, -0.05) is 13.3 Å². The van der Waals surface area contributed by atoms with Gasteiger partial charge < -0.3 is 15.0 Å². The van der Waals surface area contributed by atoms with Crippen LogP contribution in [0.3, 0.4) is 0 Å². The van der Waals surface area contributed by atoms with Crippen LogP contribution in [0.4, 0.5) is 0 Å². The molecule has 0 aliphatic rings. The molecule has 0 radical (unpaired) electrons. The predicted octanol–water partition coefficient (Wildman–Crippen LogP) is 0.606. The van der Waals surface area contributed by atoms with Gasteiger partial charge in [-0.3, -0.25) is 4.79 Å². The number of ketones is 1. The van der Waals surface area contributed by atoms with E-state index in [0.717, 1.165) is 12.8 Å². The molecule has 0 aliphatic carbocycles. The molecule has 0 saturated carbocycles. The van der Waals surface area contributed by atoms with E-state index in [2.05, 4.69) is 9.53 Å². The maximum absolute atomic E-state index is 11.3. The van der Waals surface area contributed by atoms with Gasteiger partial charge in [0.1, 0.15) is 6.61 Å². The minimum Gasteiger partial charge on any atom is -0.457 e. The van der Waals surface area contributed by atoms with Gasteiger partial charge in [0.15, 0.2) is 0 Å². The van der Waals surface area contributed by atoms with Gasteiger partial charge in [-0.15, -0.1) is 0 Å². The quantitative estimate of drug-likeness (QED) is 0.152. The molecule has 0 fully saturated rings. The van der Waals surface area contributed by atoms with Crippen LogP contribution in [-0.2, 0) is 19.1 Å². The van der Waals surface area contributed by atoms with E-state index >= 15 is 0 Å². The molecule has 0 saturated heterocycles. The zero-order chi connectivity index (χ0) is 12.4. The van der Waals surface area contributed by atoms with E-state index in [9.17, 15) is 9.59 Å². The number of nitrogens with zero attached hydrogens (tertiary/aromatic N) is 2. The van der Waals surface area contributed by atoms with Crippen molar-refractivity contribution in [2.24, 2.45) is 0 Å². The van der Waals surface area contributed by atoms with Gasteiger partial charge in [0.25, 0.3) is 5.78 Å². The molecular weight excluding hydrogens is 212 g/mol. The number of hydrogen-bond acceptors (Lipinski definition) is 4. The third-order valence-corrected chi connectivity index (χ3v) is 1.71. The molecule has 0 aromatic carbocycles. The molecule has 0 amide bonds. The highest BCUT2D eigenvalue weighted by molar-refractivity contribution is 6.62. The minimum absolute atomic E-state index is 0.113. The van der Waals surface area contributed by atoms with Crippen molar-refractivity contribution in [1.29, 1.82) is 0 Å². The third kappa shape index (κ3) is 5.38. The fourth-order valence-corrected chi connectivity index (χ4v) is 0.890. The number of carbonyl (C=O) groups is 2. The lowest BCUT2D eigenvalue weighted by Gasteiger charge is -2.00. The van der Waals surface area contributed by atoms with E-state index < -0.39 is 17.5 Å². The van der Waals surface area contributed by atoms with Crippen LogP contribution in [0, 0.1) is 0 Å². The highest BCUT2D eigenvalue weighted by Crippen LogP contribution is 1.90. The summed E-state index contributed by atoms with van der Waals surface area (Å²) in [6.45, 7) is 3.85. The summed E-state index contributed by atoms with van der Waals surface area (Å²) in [7, 11) is 0. The minimum atomic E-state index is -0.936. The number of carbonyl (C=O) groups excluding carboxylic acids is 2. The molecule has 0 bridgehead atoms. The van der Waals surface area contributed by atoms with Crippen molar-refractivity contribution in [2.75, 3.05) is 19.8 Å². The first-order chi connectivity index (χ1) is 7.67. The van der Waals surface area contributed by atoms with Crippen molar-refractivity contribution in [1.82, 2.24) is 0 Å². The van der Waals surface area contributed by atoms with Crippen molar-refractivity contribution >= 4 is 17.5 Å². The van der Waals surface area contributed by atoms with E-state index in [-0.39, 0.29) is 13.2 Å². The van der Waals surface area contributed by atoms with Gasteiger partial charge in [-0.05, 0) is 13.3 Å². The Morgan fingerprint density at radius 3 is 2.50 bits per heavy atom. The number of rotatable bonds is 8. The Balaban J connectivity index is 4.13. The number of hydrogen-bond donors (Lipinski definition) is 0. The molecule has 90 valence electrons. The predicted molar refractivity (Wildman–Crippen MR) is 56.0 cm³/mol. The van der Waals surface area contributed by atoms with Gasteiger partial charge in [0.05, 0.1) is 6.61 Å². The van der Waals surface area contributed by atoms with E-state index in [4.69, 9.17) is 10.3 Å². The van der Waals surface area contributed by atoms with Gasteiger partial charge in [-0.25, -0.2) is 4.79 Å². The Morgan fingerprint density at radius 2 is 2.00 bits per heavy atom. The van der Waals surface area contributed by atoms with Crippen molar-refractivity contribution in [3.8, 4) is 0 Å². The number of unbranched alkanes of at least 4 members (excludes halogenated alkanes) is 1. The lowest BCUT2D eigenvalue weighted by molar-refractivity contribution is -0.142. The Labute approximate surface area is 94.2 Å². The van der Waals surface area contributed by atoms with Crippen LogP contribution in [0.5, 0.6) is 0 Å². The second kappa shape index (κ2) is 8.76. The van der Waals surface area contributed by atoms with Gasteiger partial charge in [0, 0.05) is 6.61 Å². The molecule has 0 aromatic rings. The second-order valence-electron chi connectivity index (χ2n) is 3.00. The number of esters is 1. The lowest BCUT2D eigenvalue weighted by atomic mass is 10.2. The Kier molecular flexibility index (Phi) is 7.93. The van der Waals surface area contributed by atoms with Crippen molar-refractivity contribution in [3.63, 3.8) is 0 Å². The molecule has 6 nitrogen and oxygen atoms in total. The van der Waals surface area contributed by atoms with Gasteiger partial charge in [0.2, 0.25) is 0 Å². The van der Waals surface area contributed by atoms with E-state index in [1.807, 2.05) is 6.92 Å². The van der Waals surface area contributed by atoms with Crippen molar-refractivity contribution in [2.45, 2.75) is 26.7 Å². The first kappa shape index (κ1) is 14.5. The summed E-state index contributed by atoms with van der Waals surface area (Å²) in [4.78, 5) is 25.1. The summed E-state index contributed by atoms with van der Waals surface area (Å²) in [5.74, 6) is -1.62. The normalized spacial score (nSPS) is 9.38. The molecular formula is C10H16N2O4. The fourth-order valence-electron chi connectivity index (χ4n) is 0.890. The number of ether oxygens (including phenoxy) is 2. The zero-order valence-corrected chi connectivity index (χ0v) is 9.56. The molecule has 0 spiro atoms. The van der Waals surface area contributed by atoms with E-state index in [1.54, 1.807) is 6.92 Å². The Bertz CT molecular complexity index is 295. The molecule has 0 unspecified atom stereocenters. The largest absolute Gasteiger partial charge is 0.457 e. The third-order valence-electron chi connectivity index (χ3n) is 1.71. The average molecular weight is 228 g/mol. The first-order valence-electron chi connectivity index (χ1n) is 5.17. The van der Waals surface area contributed by atoms with E-state index in [0.29, 0.717) is 6.61 Å². The molecule has 6 heteroatoms. The van der Waals surface area contributed by atoms with Crippen LogP contribution in [0.1, 0.15) is 26.7 Å². The highest BCUT2D eigenvalue weighted by atomic mass is 16.5. The molecule has 0 aromatic heterocycles. The maximum atomic E-state index is 11.3. The first-order valence-corrected chi connectivity index (χ1v) is 5.17. The van der Waals surface area contributed by atoms with Crippen LogP contribution in [0.15, 0.2) is 0 Å².